The number of ether oxygens (including phenoxy) is 1. The second-order valence-electron chi connectivity index (χ2n) is 8.75. The third-order valence-corrected chi connectivity index (χ3v) is 6.99. The number of hydrogen-bond donors (Lipinski definition) is 0. The number of allylic oxidation sites excluding steroid dienone is 2. The van der Waals surface area contributed by atoms with Crippen LogP contribution in [0.2, 0.25) is 0 Å². The van der Waals surface area contributed by atoms with Gasteiger partial charge < -0.3 is 14.5 Å². The van der Waals surface area contributed by atoms with Crippen molar-refractivity contribution < 1.29 is 14.3 Å². The quantitative estimate of drug-likeness (QED) is 0.529. The van der Waals surface area contributed by atoms with Gasteiger partial charge in [-0.15, -0.1) is 0 Å². The Morgan fingerprint density at radius 2 is 1.97 bits per heavy atom. The van der Waals surface area contributed by atoms with Crippen molar-refractivity contribution in [3.8, 4) is 5.75 Å². The number of carbonyl (C=O) groups excluding carboxylic acids is 2. The molecule has 2 saturated heterocycles. The molecule has 4 rings (SSSR count). The summed E-state index contributed by atoms with van der Waals surface area (Å²) in [4.78, 5) is 32.4. The molecule has 0 saturated carbocycles. The molecule has 1 aromatic rings. The maximum atomic E-state index is 13.5. The second-order valence-corrected chi connectivity index (χ2v) is 8.75. The minimum absolute atomic E-state index is 0.0302. The molecule has 0 bridgehead atoms. The molecule has 6 nitrogen and oxygen atoms in total. The van der Waals surface area contributed by atoms with Crippen molar-refractivity contribution >= 4 is 11.9 Å². The zero-order valence-electron chi connectivity index (χ0n) is 18.2. The lowest BCUT2D eigenvalue weighted by molar-refractivity contribution is -0.136. The lowest BCUT2D eigenvalue weighted by Gasteiger charge is -2.42. The molecule has 2 heterocycles. The summed E-state index contributed by atoms with van der Waals surface area (Å²) in [5.74, 6) is 1.42. The first-order valence-electron chi connectivity index (χ1n) is 11.2. The van der Waals surface area contributed by atoms with Crippen molar-refractivity contribution in [1.29, 1.82) is 0 Å². The van der Waals surface area contributed by atoms with Gasteiger partial charge in [0.15, 0.2) is 0 Å². The van der Waals surface area contributed by atoms with E-state index in [-0.39, 0.29) is 11.9 Å². The van der Waals surface area contributed by atoms with E-state index in [0.717, 1.165) is 56.1 Å². The van der Waals surface area contributed by atoms with Crippen LogP contribution in [0.3, 0.4) is 0 Å². The first-order chi connectivity index (χ1) is 14.6. The normalized spacial score (nSPS) is 24.1. The third kappa shape index (κ3) is 3.85. The van der Waals surface area contributed by atoms with Crippen molar-refractivity contribution in [3.63, 3.8) is 0 Å². The molecule has 1 atom stereocenters. The fraction of sp³-hybridized carbons (Fsp3) is 0.583. The van der Waals surface area contributed by atoms with Crippen LogP contribution in [0.15, 0.2) is 36.4 Å². The summed E-state index contributed by atoms with van der Waals surface area (Å²) < 4.78 is 5.29. The number of piperidine rings is 1. The van der Waals surface area contributed by atoms with Crippen molar-refractivity contribution in [2.45, 2.75) is 51.1 Å². The molecule has 6 heteroatoms. The number of carbonyl (C=O) groups is 2. The zero-order valence-corrected chi connectivity index (χ0v) is 18.2. The van der Waals surface area contributed by atoms with Crippen LogP contribution in [0.25, 0.3) is 0 Å². The Bertz CT molecular complexity index is 814. The molecule has 1 spiro atoms. The molecular formula is C24H33N3O3. The summed E-state index contributed by atoms with van der Waals surface area (Å²) in [6, 6.07) is 7.44. The van der Waals surface area contributed by atoms with Gasteiger partial charge in [0, 0.05) is 26.2 Å². The van der Waals surface area contributed by atoms with Gasteiger partial charge >= 0.3 is 6.03 Å². The van der Waals surface area contributed by atoms with Gasteiger partial charge in [0.2, 0.25) is 0 Å². The third-order valence-electron chi connectivity index (χ3n) is 6.99. The molecular weight excluding hydrogens is 378 g/mol. The van der Waals surface area contributed by atoms with Crippen LogP contribution in [0, 0.1) is 5.92 Å². The van der Waals surface area contributed by atoms with Gasteiger partial charge in [-0.3, -0.25) is 9.69 Å². The lowest BCUT2D eigenvalue weighted by Crippen LogP contribution is -2.56. The summed E-state index contributed by atoms with van der Waals surface area (Å²) in [6.07, 6.45) is 9.62. The van der Waals surface area contributed by atoms with Crippen molar-refractivity contribution in [2.24, 2.45) is 5.92 Å². The number of imide groups is 1. The van der Waals surface area contributed by atoms with Crippen LogP contribution in [0.4, 0.5) is 4.79 Å². The van der Waals surface area contributed by atoms with Gasteiger partial charge in [0.1, 0.15) is 11.3 Å². The number of likely N-dealkylation sites (N-methyl/N-ethyl adjacent to an activating group) is 1. The fourth-order valence-electron chi connectivity index (χ4n) is 5.29. The highest BCUT2D eigenvalue weighted by Crippen LogP contribution is 2.38. The molecule has 1 aromatic carbocycles. The Hall–Kier alpha value is -2.34. The van der Waals surface area contributed by atoms with E-state index in [1.165, 1.54) is 17.7 Å². The topological polar surface area (TPSA) is 53.1 Å². The van der Waals surface area contributed by atoms with Gasteiger partial charge in [0.25, 0.3) is 5.91 Å². The number of urea groups is 1. The largest absolute Gasteiger partial charge is 0.497 e. The molecule has 1 aliphatic carbocycles. The maximum Gasteiger partial charge on any atom is 0.327 e. The van der Waals surface area contributed by atoms with Gasteiger partial charge in [-0.25, -0.2) is 4.79 Å². The summed E-state index contributed by atoms with van der Waals surface area (Å²) in [7, 11) is 1.62. The number of hydrogen-bond acceptors (Lipinski definition) is 4. The number of amides is 3. The average molecular weight is 412 g/mol. The minimum Gasteiger partial charge on any atom is -0.497 e. The van der Waals surface area contributed by atoms with Crippen LogP contribution in [0.1, 0.15) is 44.6 Å². The van der Waals surface area contributed by atoms with E-state index >= 15 is 0 Å². The van der Waals surface area contributed by atoms with Gasteiger partial charge in [0.05, 0.1) is 13.7 Å². The highest BCUT2D eigenvalue weighted by Gasteiger charge is 2.57. The monoisotopic (exact) mass is 411 g/mol. The summed E-state index contributed by atoms with van der Waals surface area (Å²) in [5.41, 5.74) is 0.236. The molecule has 1 unspecified atom stereocenters. The number of likely N-dealkylation sites (tertiary alicyclic amines) is 1. The maximum absolute atomic E-state index is 13.5. The highest BCUT2D eigenvalue weighted by molar-refractivity contribution is 6.07. The predicted octanol–water partition coefficient (Wildman–Crippen LogP) is 3.67. The predicted molar refractivity (Wildman–Crippen MR) is 116 cm³/mol. The molecule has 2 aliphatic heterocycles. The second kappa shape index (κ2) is 8.80. The van der Waals surface area contributed by atoms with Crippen molar-refractivity contribution in [3.05, 3.63) is 42.0 Å². The van der Waals surface area contributed by atoms with E-state index in [0.29, 0.717) is 13.1 Å². The van der Waals surface area contributed by atoms with Crippen LogP contribution >= 0.6 is 0 Å². The van der Waals surface area contributed by atoms with E-state index in [4.69, 9.17) is 4.74 Å². The Balaban J connectivity index is 1.45. The molecule has 2 fully saturated rings. The fourth-order valence-corrected chi connectivity index (χ4v) is 5.29. The number of benzene rings is 1. The standard InChI is InChI=1S/C24H33N3O3/c1-3-27-23(29)26(18-20-10-7-11-21(16-20)30-2)22(28)24(27)12-14-25(15-13-24)17-19-8-5-4-6-9-19/h4-5,7,10-11,16,19H,3,6,8-9,12-15,17-18H2,1-2H3. The van der Waals surface area contributed by atoms with E-state index in [9.17, 15) is 9.59 Å². The summed E-state index contributed by atoms with van der Waals surface area (Å²) >= 11 is 0. The Kier molecular flexibility index (Phi) is 6.14. The Morgan fingerprint density at radius 1 is 1.17 bits per heavy atom. The van der Waals surface area contributed by atoms with Gasteiger partial charge in [-0.1, -0.05) is 24.3 Å². The molecule has 0 N–H and O–H groups in total. The number of methoxy groups -OCH3 is 1. The Morgan fingerprint density at radius 3 is 2.63 bits per heavy atom. The molecule has 0 aromatic heterocycles. The van der Waals surface area contributed by atoms with Crippen LogP contribution < -0.4 is 4.74 Å². The van der Waals surface area contributed by atoms with Crippen LogP contribution in [-0.4, -0.2) is 65.5 Å². The first kappa shape index (κ1) is 20.9. The number of rotatable bonds is 6. The molecule has 162 valence electrons. The minimum atomic E-state index is -0.673. The highest BCUT2D eigenvalue weighted by atomic mass is 16.5. The van der Waals surface area contributed by atoms with E-state index in [1.807, 2.05) is 36.1 Å². The van der Waals surface area contributed by atoms with E-state index in [1.54, 1.807) is 7.11 Å². The average Bonchev–Trinajstić information content (AvgIpc) is 2.97. The molecule has 30 heavy (non-hydrogen) atoms. The van der Waals surface area contributed by atoms with Crippen LogP contribution in [0.5, 0.6) is 5.75 Å². The van der Waals surface area contributed by atoms with Crippen molar-refractivity contribution in [2.75, 3.05) is 33.3 Å². The van der Waals surface area contributed by atoms with Crippen molar-refractivity contribution in [1.82, 2.24) is 14.7 Å². The summed E-state index contributed by atoms with van der Waals surface area (Å²) in [6.45, 7) is 5.69. The Labute approximate surface area is 179 Å². The lowest BCUT2D eigenvalue weighted by atomic mass is 9.84. The van der Waals surface area contributed by atoms with E-state index < -0.39 is 5.54 Å². The smallest absolute Gasteiger partial charge is 0.327 e. The molecule has 0 radical (unpaired) electrons. The summed E-state index contributed by atoms with van der Waals surface area (Å²) in [5, 5.41) is 0. The SMILES string of the molecule is CCN1C(=O)N(Cc2cccc(OC)c2)C(=O)C12CCN(CC1CC=CCC1)CC2. The van der Waals surface area contributed by atoms with Gasteiger partial charge in [-0.2, -0.15) is 0 Å². The zero-order chi connectivity index (χ0) is 21.1. The number of nitrogens with zero attached hydrogens (tertiary/aromatic N) is 3. The molecule has 3 amide bonds. The van der Waals surface area contributed by atoms with Crippen LogP contribution in [-0.2, 0) is 11.3 Å². The van der Waals surface area contributed by atoms with E-state index in [2.05, 4.69) is 17.1 Å². The van der Waals surface area contributed by atoms with Gasteiger partial charge in [-0.05, 0) is 62.6 Å². The molecule has 3 aliphatic rings. The first-order valence-corrected chi connectivity index (χ1v) is 11.2.